The van der Waals surface area contributed by atoms with Gasteiger partial charge in [0.1, 0.15) is 0 Å². The first-order valence-electron chi connectivity index (χ1n) is 8.75. The molecule has 0 heterocycles. The van der Waals surface area contributed by atoms with Crippen molar-refractivity contribution < 1.29 is 0 Å². The van der Waals surface area contributed by atoms with Gasteiger partial charge in [0.25, 0.3) is 0 Å². The molecule has 0 aromatic rings. The van der Waals surface area contributed by atoms with E-state index in [0.717, 1.165) is 30.3 Å². The van der Waals surface area contributed by atoms with Gasteiger partial charge in [0.05, 0.1) is 0 Å². The Labute approximate surface area is 120 Å². The smallest absolute Gasteiger partial charge is 0.0123 e. The third kappa shape index (κ3) is 4.21. The Morgan fingerprint density at radius 1 is 0.947 bits per heavy atom. The zero-order valence-corrected chi connectivity index (χ0v) is 13.7. The van der Waals surface area contributed by atoms with Crippen LogP contribution in [0.3, 0.4) is 0 Å². The van der Waals surface area contributed by atoms with Crippen LogP contribution >= 0.6 is 0 Å². The van der Waals surface area contributed by atoms with Crippen molar-refractivity contribution in [3.63, 3.8) is 0 Å². The second-order valence-corrected chi connectivity index (χ2v) is 8.11. The third-order valence-corrected chi connectivity index (χ3v) is 5.90. The van der Waals surface area contributed by atoms with E-state index < -0.39 is 0 Å². The summed E-state index contributed by atoms with van der Waals surface area (Å²) in [6, 6.07) is 0.814. The molecule has 0 aromatic heterocycles. The van der Waals surface area contributed by atoms with Gasteiger partial charge in [-0.05, 0) is 68.2 Å². The minimum absolute atomic E-state index is 0.605. The van der Waals surface area contributed by atoms with E-state index in [4.69, 9.17) is 0 Å². The molecule has 2 rings (SSSR count). The van der Waals surface area contributed by atoms with Crippen LogP contribution in [0, 0.1) is 23.2 Å². The number of rotatable bonds is 4. The molecule has 0 aliphatic heterocycles. The number of nitrogens with one attached hydrogen (secondary N) is 1. The van der Waals surface area contributed by atoms with E-state index in [1.54, 1.807) is 0 Å². The normalized spacial score (nSPS) is 34.1. The maximum absolute atomic E-state index is 3.86. The molecule has 0 radical (unpaired) electrons. The molecule has 0 aromatic carbocycles. The molecule has 1 nitrogen and oxygen atoms in total. The molecule has 2 aliphatic rings. The van der Waals surface area contributed by atoms with Gasteiger partial charge >= 0.3 is 0 Å². The molecule has 1 unspecified atom stereocenters. The van der Waals surface area contributed by atoms with Crippen LogP contribution in [0.2, 0.25) is 0 Å². The zero-order valence-electron chi connectivity index (χ0n) is 13.7. The second kappa shape index (κ2) is 6.61. The lowest BCUT2D eigenvalue weighted by molar-refractivity contribution is 0.115. The third-order valence-electron chi connectivity index (χ3n) is 5.90. The molecule has 1 N–H and O–H groups in total. The molecule has 0 saturated heterocycles. The van der Waals surface area contributed by atoms with Gasteiger partial charge in [-0.25, -0.2) is 0 Å². The summed E-state index contributed by atoms with van der Waals surface area (Å²) in [5.74, 6) is 2.89. The minimum atomic E-state index is 0.605. The lowest BCUT2D eigenvalue weighted by atomic mass is 9.67. The van der Waals surface area contributed by atoms with Crippen LogP contribution in [0.5, 0.6) is 0 Å². The summed E-state index contributed by atoms with van der Waals surface area (Å²) in [5.41, 5.74) is 0.605. The van der Waals surface area contributed by atoms with Crippen LogP contribution in [0.15, 0.2) is 0 Å². The first-order valence-corrected chi connectivity index (χ1v) is 8.75. The van der Waals surface area contributed by atoms with Gasteiger partial charge in [-0.15, -0.1) is 0 Å². The fourth-order valence-electron chi connectivity index (χ4n) is 4.38. The highest BCUT2D eigenvalue weighted by molar-refractivity contribution is 4.90. The van der Waals surface area contributed by atoms with Crippen LogP contribution in [-0.2, 0) is 0 Å². The van der Waals surface area contributed by atoms with Gasteiger partial charge in [-0.2, -0.15) is 0 Å². The average molecular weight is 265 g/mol. The van der Waals surface area contributed by atoms with Gasteiger partial charge in [0.2, 0.25) is 0 Å². The van der Waals surface area contributed by atoms with Crippen molar-refractivity contribution in [1.82, 2.24) is 5.32 Å². The maximum atomic E-state index is 3.86. The maximum Gasteiger partial charge on any atom is 0.0123 e. The van der Waals surface area contributed by atoms with Crippen LogP contribution in [0.4, 0.5) is 0 Å². The fourth-order valence-corrected chi connectivity index (χ4v) is 4.38. The van der Waals surface area contributed by atoms with Crippen LogP contribution in [0.1, 0.15) is 79.1 Å². The molecule has 19 heavy (non-hydrogen) atoms. The van der Waals surface area contributed by atoms with Gasteiger partial charge in [0, 0.05) is 6.04 Å². The monoisotopic (exact) mass is 265 g/mol. The van der Waals surface area contributed by atoms with Crippen molar-refractivity contribution in [2.45, 2.75) is 85.1 Å². The highest BCUT2D eigenvalue weighted by Crippen LogP contribution is 2.42. The van der Waals surface area contributed by atoms with Crippen molar-refractivity contribution in [2.24, 2.45) is 23.2 Å². The molecule has 0 bridgehead atoms. The molecule has 0 spiro atoms. The van der Waals surface area contributed by atoms with E-state index in [9.17, 15) is 0 Å². The van der Waals surface area contributed by atoms with Crippen LogP contribution < -0.4 is 5.32 Å². The Bertz CT molecular complexity index is 253. The quantitative estimate of drug-likeness (QED) is 0.753. The molecular formula is C18H35N. The van der Waals surface area contributed by atoms with Crippen molar-refractivity contribution >= 4 is 0 Å². The number of hydrogen-bond acceptors (Lipinski definition) is 1. The molecule has 2 aliphatic carbocycles. The molecule has 2 saturated carbocycles. The van der Waals surface area contributed by atoms with E-state index in [0.29, 0.717) is 5.41 Å². The summed E-state index contributed by atoms with van der Waals surface area (Å²) < 4.78 is 0. The van der Waals surface area contributed by atoms with E-state index in [-0.39, 0.29) is 0 Å². The van der Waals surface area contributed by atoms with Crippen molar-refractivity contribution in [3.05, 3.63) is 0 Å². The van der Waals surface area contributed by atoms with Gasteiger partial charge in [-0.1, -0.05) is 40.5 Å². The standard InChI is InChI=1S/C18H35N/c1-5-19-17(15-8-6-14(2)7-9-15)16-10-12-18(3,4)13-11-16/h14-17,19H,5-13H2,1-4H3. The number of hydrogen-bond donors (Lipinski definition) is 1. The van der Waals surface area contributed by atoms with Crippen molar-refractivity contribution in [3.8, 4) is 0 Å². The Balaban J connectivity index is 1.92. The molecule has 1 atom stereocenters. The van der Waals surface area contributed by atoms with Gasteiger partial charge in [0.15, 0.2) is 0 Å². The SMILES string of the molecule is CCNC(C1CCC(C)CC1)C1CCC(C)(C)CC1. The Morgan fingerprint density at radius 3 is 2.00 bits per heavy atom. The summed E-state index contributed by atoms with van der Waals surface area (Å²) in [5, 5.41) is 3.86. The highest BCUT2D eigenvalue weighted by Gasteiger charge is 2.35. The van der Waals surface area contributed by atoms with Crippen LogP contribution in [0.25, 0.3) is 0 Å². The van der Waals surface area contributed by atoms with Crippen molar-refractivity contribution in [2.75, 3.05) is 6.54 Å². The summed E-state index contributed by atoms with van der Waals surface area (Å²) in [4.78, 5) is 0. The van der Waals surface area contributed by atoms with E-state index in [1.807, 2.05) is 0 Å². The minimum Gasteiger partial charge on any atom is -0.314 e. The molecular weight excluding hydrogens is 230 g/mol. The summed E-state index contributed by atoms with van der Waals surface area (Å²) in [6.07, 6.45) is 11.6. The summed E-state index contributed by atoms with van der Waals surface area (Å²) in [7, 11) is 0. The predicted molar refractivity (Wildman–Crippen MR) is 84.3 cm³/mol. The molecule has 1 heteroatoms. The van der Waals surface area contributed by atoms with Crippen LogP contribution in [-0.4, -0.2) is 12.6 Å². The van der Waals surface area contributed by atoms with E-state index in [2.05, 4.69) is 33.0 Å². The first kappa shape index (κ1) is 15.4. The lowest BCUT2D eigenvalue weighted by Gasteiger charge is -2.43. The summed E-state index contributed by atoms with van der Waals surface area (Å²) >= 11 is 0. The van der Waals surface area contributed by atoms with Gasteiger partial charge in [-0.3, -0.25) is 0 Å². The average Bonchev–Trinajstić information content (AvgIpc) is 2.38. The molecule has 112 valence electrons. The predicted octanol–water partition coefficient (Wildman–Crippen LogP) is 5.01. The van der Waals surface area contributed by atoms with Gasteiger partial charge < -0.3 is 5.32 Å². The molecule has 2 fully saturated rings. The molecule has 0 amide bonds. The first-order chi connectivity index (χ1) is 9.02. The largest absolute Gasteiger partial charge is 0.314 e. The van der Waals surface area contributed by atoms with Crippen molar-refractivity contribution in [1.29, 1.82) is 0 Å². The Morgan fingerprint density at radius 2 is 1.47 bits per heavy atom. The van der Waals surface area contributed by atoms with E-state index >= 15 is 0 Å². The Hall–Kier alpha value is -0.0400. The highest BCUT2D eigenvalue weighted by atomic mass is 14.9. The Kier molecular flexibility index (Phi) is 5.34. The van der Waals surface area contributed by atoms with E-state index in [1.165, 1.54) is 51.4 Å². The lowest BCUT2D eigenvalue weighted by Crippen LogP contribution is -2.45. The topological polar surface area (TPSA) is 12.0 Å². The zero-order chi connectivity index (χ0) is 13.9. The second-order valence-electron chi connectivity index (χ2n) is 8.11. The fraction of sp³-hybridized carbons (Fsp3) is 1.00. The summed E-state index contributed by atoms with van der Waals surface area (Å²) in [6.45, 7) is 10.8.